The van der Waals surface area contributed by atoms with Gasteiger partial charge in [-0.15, -0.1) is 0 Å². The zero-order valence-corrected chi connectivity index (χ0v) is 68.1. The van der Waals surface area contributed by atoms with Crippen molar-refractivity contribution in [3.8, 4) is 23.3 Å². The predicted octanol–water partition coefficient (Wildman–Crippen LogP) is 12.9. The van der Waals surface area contributed by atoms with Crippen LogP contribution in [0.1, 0.15) is 0 Å². The molecule has 0 spiro atoms. The number of hydrogen-bond acceptors (Lipinski definition) is 4. The average molecular weight is 1560 g/mol. The summed E-state index contributed by atoms with van der Waals surface area (Å²) in [7, 11) is -12.6. The maximum absolute atomic E-state index is 6.02. The van der Waals surface area contributed by atoms with Gasteiger partial charge in [0.05, 0.1) is 33.1 Å². The molecule has 0 fully saturated rings. The molecule has 0 N–H and O–H groups in total. The molecular weight excluding hydrogens is 1480 g/mol. The third-order valence-electron chi connectivity index (χ3n) is 24.3. The van der Waals surface area contributed by atoms with E-state index in [0.29, 0.717) is 23.5 Å². The lowest BCUT2D eigenvalue weighted by molar-refractivity contribution is 0.885. The maximum Gasteiger partial charge on any atom is 0.242 e. The van der Waals surface area contributed by atoms with Crippen LogP contribution in [0.4, 0.5) is 0 Å². The summed E-state index contributed by atoms with van der Waals surface area (Å²) in [5.74, 6) is 2.09. The van der Waals surface area contributed by atoms with Gasteiger partial charge in [0.15, 0.2) is 38.1 Å². The SMILES string of the molecule is c1ccc(-c2nc(-n3c4ccc([Si](c5ccccc5)(c5ccccc5)c5ccccc5)cc4c4cc([Si](c5ccccc5)(c5ccccc5)c5ccccc5)ccc43)nc(-n3c4ccc([Si](c5ccccc5)(c5ccccc5)c5ccccc5)cc4n4c5cc([Si](c6ccccc6)(c6ccccc6)c6ccccc6)ccc5nc34)n2)cc1. The highest BCUT2D eigenvalue weighted by atomic mass is 28.3. The fourth-order valence-electron chi connectivity index (χ4n) is 19.3. The number of benzene rings is 17. The fraction of sp³-hybridized carbons (Fsp3) is 0. The maximum atomic E-state index is 6.02. The van der Waals surface area contributed by atoms with Crippen molar-refractivity contribution in [3.63, 3.8) is 0 Å². The second-order valence-corrected chi connectivity index (χ2v) is 45.5. The number of aromatic nitrogens is 7. The van der Waals surface area contributed by atoms with Crippen LogP contribution in [0.25, 0.3) is 72.9 Å². The first-order chi connectivity index (χ1) is 58.0. The van der Waals surface area contributed by atoms with Crippen molar-refractivity contribution in [2.75, 3.05) is 0 Å². The minimum Gasteiger partial charge on any atom is -0.278 e. The van der Waals surface area contributed by atoms with Gasteiger partial charge in [-0.1, -0.05) is 431 Å². The van der Waals surface area contributed by atoms with Crippen molar-refractivity contribution in [2.24, 2.45) is 0 Å². The average Bonchev–Trinajstić information content (AvgIpc) is 1.60. The molecule has 0 saturated carbocycles. The Balaban J connectivity index is 0.886. The quantitative estimate of drug-likeness (QED) is 0.0598. The Kier molecular flexibility index (Phi) is 17.8. The van der Waals surface area contributed by atoms with Crippen LogP contribution in [0.5, 0.6) is 0 Å². The van der Waals surface area contributed by atoms with E-state index in [2.05, 4.69) is 481 Å². The highest BCUT2D eigenvalue weighted by molar-refractivity contribution is 7.22. The zero-order valence-electron chi connectivity index (χ0n) is 64.1. The summed E-state index contributed by atoms with van der Waals surface area (Å²) in [6.45, 7) is 0. The Labute approximate surface area is 683 Å². The summed E-state index contributed by atoms with van der Waals surface area (Å²) in [4.78, 5) is 23.5. The fourth-order valence-corrected chi connectivity index (χ4v) is 38.4. The number of fused-ring (bicyclic) bond motifs is 8. The zero-order chi connectivity index (χ0) is 77.8. The van der Waals surface area contributed by atoms with Gasteiger partial charge in [0.25, 0.3) is 0 Å². The third kappa shape index (κ3) is 11.4. The summed E-state index contributed by atoms with van der Waals surface area (Å²) >= 11 is 0. The summed E-state index contributed by atoms with van der Waals surface area (Å²) in [6.07, 6.45) is 0. The molecule has 0 aliphatic rings. The summed E-state index contributed by atoms with van der Waals surface area (Å²) < 4.78 is 6.95. The molecule has 4 heterocycles. The van der Waals surface area contributed by atoms with Crippen molar-refractivity contribution in [2.45, 2.75) is 0 Å². The lowest BCUT2D eigenvalue weighted by Gasteiger charge is -2.34. The molecule has 0 aliphatic heterocycles. The first-order valence-corrected chi connectivity index (χ1v) is 48.1. The van der Waals surface area contributed by atoms with E-state index in [1.165, 1.54) is 83.0 Å². The molecule has 117 heavy (non-hydrogen) atoms. The molecular formula is C106H77N7Si4. The molecule has 4 aromatic heterocycles. The largest absolute Gasteiger partial charge is 0.278 e. The number of rotatable bonds is 19. The van der Waals surface area contributed by atoms with Crippen LogP contribution >= 0.6 is 0 Å². The van der Waals surface area contributed by atoms with Crippen molar-refractivity contribution in [1.82, 2.24) is 33.5 Å². The molecule has 0 unspecified atom stereocenters. The Hall–Kier alpha value is -14.3. The molecule has 21 aromatic rings. The molecule has 0 atom stereocenters. The monoisotopic (exact) mass is 1560 g/mol. The lowest BCUT2D eigenvalue weighted by atomic mass is 10.1. The second-order valence-electron chi connectivity index (χ2n) is 30.3. The number of imidazole rings is 2. The van der Waals surface area contributed by atoms with Crippen molar-refractivity contribution < 1.29 is 0 Å². The van der Waals surface area contributed by atoms with Gasteiger partial charge >= 0.3 is 0 Å². The predicted molar refractivity (Wildman–Crippen MR) is 497 cm³/mol. The number of nitrogens with zero attached hydrogens (tertiary/aromatic N) is 7. The highest BCUT2D eigenvalue weighted by Gasteiger charge is 2.47. The van der Waals surface area contributed by atoms with Gasteiger partial charge in [0.2, 0.25) is 17.7 Å². The molecule has 0 aliphatic carbocycles. The van der Waals surface area contributed by atoms with Crippen molar-refractivity contribution >= 4 is 165 Å². The van der Waals surface area contributed by atoms with E-state index in [0.717, 1.165) is 49.4 Å². The third-order valence-corrected chi connectivity index (χ3v) is 43.4. The van der Waals surface area contributed by atoms with Crippen LogP contribution in [0, 0.1) is 0 Å². The van der Waals surface area contributed by atoms with Gasteiger partial charge in [-0.2, -0.15) is 15.0 Å². The van der Waals surface area contributed by atoms with Gasteiger partial charge in [-0.05, 0) is 119 Å². The standard InChI is InChI=1S/C106H77N7Si4/c1-14-40-78(41-15-1)103-108-104(111-98-71-67-91(114(79-42-16-2-17-43-79,80-44-18-3-19-45-80)81-46-20-4-21-47-81)74-95(98)96-75-92(68-72-99(96)111)115(82-48-22-5-23-49-82,83-50-24-6-25-51-83)84-52-26-7-27-53-84)110-105(109-103)113-100-73-69-94(117(88-60-34-11-35-61-88,89-62-36-12-37-63-89)90-64-38-13-39-65-90)77-102(100)112-101-76-93(66-70-97(101)107-106(112)113)116(85-54-28-8-29-55-85,86-56-30-9-31-57-86)87-58-32-10-33-59-87/h1-77H. The van der Waals surface area contributed by atoms with Gasteiger partial charge in [0.1, 0.15) is 0 Å². The Morgan fingerprint density at radius 3 is 0.701 bits per heavy atom. The normalized spacial score (nSPS) is 12.1. The molecule has 7 nitrogen and oxygen atoms in total. The molecule has 0 saturated heterocycles. The van der Waals surface area contributed by atoms with Crippen LogP contribution in [0.3, 0.4) is 0 Å². The summed E-state index contributed by atoms with van der Waals surface area (Å²) in [5.41, 5.74) is 6.46. The number of hydrogen-bond donors (Lipinski definition) is 0. The molecule has 0 radical (unpaired) electrons. The summed E-state index contributed by atoms with van der Waals surface area (Å²) in [6, 6.07) is 174. The molecule has 11 heteroatoms. The van der Waals surface area contributed by atoms with Gasteiger partial charge in [-0.3, -0.25) is 8.97 Å². The van der Waals surface area contributed by atoms with Crippen LogP contribution in [-0.2, 0) is 0 Å². The first-order valence-electron chi connectivity index (χ1n) is 40.1. The van der Waals surface area contributed by atoms with E-state index >= 15 is 0 Å². The Morgan fingerprint density at radius 2 is 0.410 bits per heavy atom. The Morgan fingerprint density at radius 1 is 0.171 bits per heavy atom. The van der Waals surface area contributed by atoms with Gasteiger partial charge < -0.3 is 0 Å². The topological polar surface area (TPSA) is 65.8 Å². The lowest BCUT2D eigenvalue weighted by Crippen LogP contribution is -2.74. The van der Waals surface area contributed by atoms with Crippen LogP contribution in [0.2, 0.25) is 0 Å². The van der Waals surface area contributed by atoms with Crippen LogP contribution < -0.4 is 83.0 Å². The van der Waals surface area contributed by atoms with E-state index in [1.54, 1.807) is 0 Å². The molecule has 0 bridgehead atoms. The molecule has 17 aromatic carbocycles. The highest BCUT2D eigenvalue weighted by Crippen LogP contribution is 2.35. The van der Waals surface area contributed by atoms with Gasteiger partial charge in [0, 0.05) is 16.3 Å². The van der Waals surface area contributed by atoms with E-state index < -0.39 is 32.3 Å². The molecule has 552 valence electrons. The Bertz CT molecular complexity index is 6570. The smallest absolute Gasteiger partial charge is 0.242 e. The first kappa shape index (κ1) is 70.5. The summed E-state index contributed by atoms with van der Waals surface area (Å²) in [5, 5.41) is 22.6. The van der Waals surface area contributed by atoms with Gasteiger partial charge in [-0.25, -0.2) is 9.55 Å². The van der Waals surface area contributed by atoms with E-state index in [-0.39, 0.29) is 0 Å². The van der Waals surface area contributed by atoms with E-state index in [9.17, 15) is 0 Å². The molecule has 21 rings (SSSR count). The van der Waals surface area contributed by atoms with Crippen LogP contribution in [-0.4, -0.2) is 65.8 Å². The minimum absolute atomic E-state index is 0.428. The van der Waals surface area contributed by atoms with E-state index in [4.69, 9.17) is 19.9 Å². The second kappa shape index (κ2) is 29.6. The van der Waals surface area contributed by atoms with Crippen LogP contribution in [0.15, 0.2) is 467 Å². The molecule has 0 amide bonds. The van der Waals surface area contributed by atoms with Crippen molar-refractivity contribution in [3.05, 3.63) is 467 Å². The van der Waals surface area contributed by atoms with E-state index in [1.807, 2.05) is 0 Å². The van der Waals surface area contributed by atoms with Crippen molar-refractivity contribution in [1.29, 1.82) is 0 Å². The minimum atomic E-state index is -3.17.